The number of nitrogens with two attached hydrogens (primary N) is 1. The molecule has 2 rings (SSSR count). The average molecular weight is 223 g/mol. The Kier molecular flexibility index (Phi) is 2.43. The lowest BCUT2D eigenvalue weighted by Crippen LogP contribution is -2.10. The topological polar surface area (TPSA) is 69.1 Å². The number of carbonyl (C=O) groups excluding carboxylic acids is 1. The Morgan fingerprint density at radius 1 is 1.40 bits per heavy atom. The van der Waals surface area contributed by atoms with Crippen molar-refractivity contribution in [2.75, 3.05) is 0 Å². The van der Waals surface area contributed by atoms with Gasteiger partial charge in [0.2, 0.25) is 0 Å². The molecule has 0 atom stereocenters. The third kappa shape index (κ3) is 1.99. The highest BCUT2D eigenvalue weighted by molar-refractivity contribution is 6.30. The molecule has 0 aliphatic carbocycles. The van der Waals surface area contributed by atoms with E-state index in [1.54, 1.807) is 24.3 Å². The second kappa shape index (κ2) is 3.74. The molecule has 0 aliphatic heterocycles. The zero-order chi connectivity index (χ0) is 10.8. The van der Waals surface area contributed by atoms with Crippen molar-refractivity contribution in [2.45, 2.75) is 0 Å². The van der Waals surface area contributed by atoms with Crippen molar-refractivity contribution < 1.29 is 9.32 Å². The number of aromatic nitrogens is 1. The molecule has 0 unspecified atom stereocenters. The molecule has 0 spiro atoms. The number of benzene rings is 1. The molecule has 1 aromatic carbocycles. The van der Waals surface area contributed by atoms with Crippen LogP contribution in [0.5, 0.6) is 0 Å². The van der Waals surface area contributed by atoms with Crippen LogP contribution in [0.2, 0.25) is 5.02 Å². The second-order valence-corrected chi connectivity index (χ2v) is 3.39. The number of nitrogens with zero attached hydrogens (tertiary/aromatic N) is 1. The molecule has 4 nitrogen and oxygen atoms in total. The Balaban J connectivity index is 2.41. The molecule has 2 N–H and O–H groups in total. The highest BCUT2D eigenvalue weighted by Crippen LogP contribution is 2.23. The van der Waals surface area contributed by atoms with E-state index in [1.165, 1.54) is 6.07 Å². The lowest BCUT2D eigenvalue weighted by Gasteiger charge is -1.94. The van der Waals surface area contributed by atoms with Gasteiger partial charge in [-0.25, -0.2) is 0 Å². The zero-order valence-corrected chi connectivity index (χ0v) is 8.36. The van der Waals surface area contributed by atoms with Gasteiger partial charge in [0.05, 0.1) is 0 Å². The minimum absolute atomic E-state index is 0.102. The van der Waals surface area contributed by atoms with Crippen molar-refractivity contribution in [3.8, 4) is 11.3 Å². The van der Waals surface area contributed by atoms with Gasteiger partial charge in [-0.3, -0.25) is 4.79 Å². The Morgan fingerprint density at radius 3 is 2.80 bits per heavy atom. The van der Waals surface area contributed by atoms with Gasteiger partial charge in [0, 0.05) is 16.7 Å². The molecular formula is C10H7ClN2O2. The normalized spacial score (nSPS) is 10.2. The molecule has 0 bridgehead atoms. The third-order valence-corrected chi connectivity index (χ3v) is 2.11. The molecule has 0 saturated carbocycles. The summed E-state index contributed by atoms with van der Waals surface area (Å²) in [6.07, 6.45) is 0. The molecule has 15 heavy (non-hydrogen) atoms. The van der Waals surface area contributed by atoms with E-state index in [0.717, 1.165) is 5.56 Å². The summed E-state index contributed by atoms with van der Waals surface area (Å²) < 4.78 is 4.96. The smallest absolute Gasteiger partial charge is 0.270 e. The Bertz CT molecular complexity index is 508. The predicted molar refractivity (Wildman–Crippen MR) is 55.5 cm³/mol. The summed E-state index contributed by atoms with van der Waals surface area (Å²) >= 11 is 5.81. The first kappa shape index (κ1) is 9.73. The number of halogens is 1. The molecule has 2 aromatic rings. The molecule has 0 fully saturated rings. The summed E-state index contributed by atoms with van der Waals surface area (Å²) in [4.78, 5) is 10.8. The molecule has 5 heteroatoms. The van der Waals surface area contributed by atoms with Gasteiger partial charge in [-0.2, -0.15) is 0 Å². The van der Waals surface area contributed by atoms with Gasteiger partial charge in [-0.15, -0.1) is 0 Å². The van der Waals surface area contributed by atoms with Gasteiger partial charge in [0.25, 0.3) is 5.91 Å². The number of amides is 1. The number of hydrogen-bond donors (Lipinski definition) is 1. The molecule has 0 radical (unpaired) electrons. The molecule has 1 amide bonds. The summed E-state index contributed by atoms with van der Waals surface area (Å²) in [5.41, 5.74) is 5.90. The van der Waals surface area contributed by atoms with E-state index in [2.05, 4.69) is 5.16 Å². The van der Waals surface area contributed by atoms with Crippen LogP contribution in [-0.4, -0.2) is 11.1 Å². The Morgan fingerprint density at radius 2 is 2.20 bits per heavy atom. The van der Waals surface area contributed by atoms with Crippen molar-refractivity contribution >= 4 is 17.5 Å². The van der Waals surface area contributed by atoms with E-state index in [0.29, 0.717) is 10.8 Å². The lowest BCUT2D eigenvalue weighted by molar-refractivity contribution is 0.0992. The van der Waals surface area contributed by atoms with Gasteiger partial charge in [0.15, 0.2) is 11.5 Å². The minimum Gasteiger partial charge on any atom is -0.364 e. The fourth-order valence-electron chi connectivity index (χ4n) is 1.17. The fourth-order valence-corrected chi connectivity index (χ4v) is 1.36. The average Bonchev–Trinajstić information content (AvgIpc) is 2.66. The van der Waals surface area contributed by atoms with Crippen LogP contribution in [0.1, 0.15) is 10.5 Å². The summed E-state index contributed by atoms with van der Waals surface area (Å²) in [5.74, 6) is -0.154. The van der Waals surface area contributed by atoms with Crippen LogP contribution in [0.3, 0.4) is 0 Å². The van der Waals surface area contributed by atoms with Crippen LogP contribution < -0.4 is 5.73 Å². The first-order chi connectivity index (χ1) is 7.16. The van der Waals surface area contributed by atoms with Crippen molar-refractivity contribution in [2.24, 2.45) is 5.73 Å². The van der Waals surface area contributed by atoms with E-state index in [9.17, 15) is 4.79 Å². The maximum atomic E-state index is 10.8. The van der Waals surface area contributed by atoms with E-state index in [-0.39, 0.29) is 5.69 Å². The van der Waals surface area contributed by atoms with Crippen molar-refractivity contribution in [3.63, 3.8) is 0 Å². The van der Waals surface area contributed by atoms with Gasteiger partial charge >= 0.3 is 0 Å². The monoisotopic (exact) mass is 222 g/mol. The Hall–Kier alpha value is -1.81. The lowest BCUT2D eigenvalue weighted by atomic mass is 10.1. The SMILES string of the molecule is NC(=O)c1cc(-c2cccc(Cl)c2)on1. The number of rotatable bonds is 2. The largest absolute Gasteiger partial charge is 0.364 e. The standard InChI is InChI=1S/C10H7ClN2O2/c11-7-3-1-2-6(4-7)9-5-8(10(12)14)13-15-9/h1-5H,(H2,12,14). The molecule has 1 aromatic heterocycles. The van der Waals surface area contributed by atoms with Crippen LogP contribution >= 0.6 is 11.6 Å². The highest BCUT2D eigenvalue weighted by atomic mass is 35.5. The van der Waals surface area contributed by atoms with Crippen LogP contribution in [0, 0.1) is 0 Å². The summed E-state index contributed by atoms with van der Waals surface area (Å²) in [5, 5.41) is 4.12. The van der Waals surface area contributed by atoms with E-state index in [1.807, 2.05) is 0 Å². The van der Waals surface area contributed by atoms with Crippen LogP contribution in [0.15, 0.2) is 34.9 Å². The number of carbonyl (C=O) groups is 1. The van der Waals surface area contributed by atoms with Crippen molar-refractivity contribution in [1.29, 1.82) is 0 Å². The first-order valence-corrected chi connectivity index (χ1v) is 4.57. The minimum atomic E-state index is -0.618. The summed E-state index contributed by atoms with van der Waals surface area (Å²) in [7, 11) is 0. The van der Waals surface area contributed by atoms with E-state index in [4.69, 9.17) is 21.9 Å². The first-order valence-electron chi connectivity index (χ1n) is 4.19. The van der Waals surface area contributed by atoms with Crippen LogP contribution in [0.4, 0.5) is 0 Å². The van der Waals surface area contributed by atoms with Crippen molar-refractivity contribution in [1.82, 2.24) is 5.16 Å². The van der Waals surface area contributed by atoms with Crippen LogP contribution in [-0.2, 0) is 0 Å². The maximum Gasteiger partial charge on any atom is 0.270 e. The molecular weight excluding hydrogens is 216 g/mol. The third-order valence-electron chi connectivity index (χ3n) is 1.87. The quantitative estimate of drug-likeness (QED) is 0.846. The van der Waals surface area contributed by atoms with Crippen LogP contribution in [0.25, 0.3) is 11.3 Å². The van der Waals surface area contributed by atoms with Gasteiger partial charge < -0.3 is 10.3 Å². The van der Waals surface area contributed by atoms with Crippen molar-refractivity contribution in [3.05, 3.63) is 41.0 Å². The predicted octanol–water partition coefficient (Wildman–Crippen LogP) is 2.09. The second-order valence-electron chi connectivity index (χ2n) is 2.95. The van der Waals surface area contributed by atoms with E-state index >= 15 is 0 Å². The van der Waals surface area contributed by atoms with E-state index < -0.39 is 5.91 Å². The maximum absolute atomic E-state index is 10.8. The number of hydrogen-bond acceptors (Lipinski definition) is 3. The van der Waals surface area contributed by atoms with Gasteiger partial charge in [0.1, 0.15) is 0 Å². The molecule has 76 valence electrons. The van der Waals surface area contributed by atoms with Gasteiger partial charge in [-0.1, -0.05) is 28.9 Å². The molecule has 0 saturated heterocycles. The highest BCUT2D eigenvalue weighted by Gasteiger charge is 2.10. The summed E-state index contributed by atoms with van der Waals surface area (Å²) in [6, 6.07) is 8.53. The molecule has 1 heterocycles. The fraction of sp³-hybridized carbons (Fsp3) is 0. The number of primary amides is 1. The van der Waals surface area contributed by atoms with Gasteiger partial charge in [-0.05, 0) is 12.1 Å². The zero-order valence-electron chi connectivity index (χ0n) is 7.61. The molecule has 0 aliphatic rings. The Labute approximate surface area is 90.6 Å². The summed E-state index contributed by atoms with van der Waals surface area (Å²) in [6.45, 7) is 0.